The number of carboxylic acid groups (broad SMARTS) is 1. The molecular formula is C15H20F3NO6S. The predicted octanol–water partition coefficient (Wildman–Crippen LogP) is 1.57. The third kappa shape index (κ3) is 6.71. The van der Waals surface area contributed by atoms with E-state index in [1.54, 1.807) is 14.2 Å². The number of hydrogen-bond donors (Lipinski definition) is 1. The summed E-state index contributed by atoms with van der Waals surface area (Å²) in [5.41, 5.74) is 1.01. The lowest BCUT2D eigenvalue weighted by Gasteiger charge is -2.27. The first-order valence-corrected chi connectivity index (χ1v) is 9.25. The molecular weight excluding hydrogens is 379 g/mol. The lowest BCUT2D eigenvalue weighted by molar-refractivity contribution is -0.192. The number of alkyl halides is 3. The van der Waals surface area contributed by atoms with Crippen LogP contribution in [0.2, 0.25) is 0 Å². The van der Waals surface area contributed by atoms with Gasteiger partial charge in [0.15, 0.2) is 21.3 Å². The number of carboxylic acids is 1. The Morgan fingerprint density at radius 2 is 1.73 bits per heavy atom. The van der Waals surface area contributed by atoms with Crippen LogP contribution in [0.1, 0.15) is 5.56 Å². The average Bonchev–Trinajstić information content (AvgIpc) is 2.56. The Morgan fingerprint density at radius 3 is 2.15 bits per heavy atom. The van der Waals surface area contributed by atoms with E-state index in [1.165, 1.54) is 0 Å². The highest BCUT2D eigenvalue weighted by molar-refractivity contribution is 7.91. The Labute approximate surface area is 149 Å². The van der Waals surface area contributed by atoms with E-state index in [0.29, 0.717) is 25.4 Å². The van der Waals surface area contributed by atoms with Crippen molar-refractivity contribution in [2.45, 2.75) is 12.7 Å². The smallest absolute Gasteiger partial charge is 0.490 e. The van der Waals surface area contributed by atoms with Crippen molar-refractivity contribution in [3.8, 4) is 11.5 Å². The Hall–Kier alpha value is -2.01. The molecule has 0 saturated carbocycles. The molecule has 0 aromatic heterocycles. The molecule has 1 aromatic carbocycles. The second kappa shape index (κ2) is 9.08. The molecule has 0 atom stereocenters. The number of ether oxygens (including phenoxy) is 2. The fraction of sp³-hybridized carbons (Fsp3) is 0.533. The van der Waals surface area contributed by atoms with E-state index in [-0.39, 0.29) is 11.5 Å². The zero-order valence-electron chi connectivity index (χ0n) is 14.2. The molecule has 26 heavy (non-hydrogen) atoms. The second-order valence-electron chi connectivity index (χ2n) is 5.38. The molecule has 1 saturated heterocycles. The number of rotatable bonds is 4. The fourth-order valence-corrected chi connectivity index (χ4v) is 3.50. The maximum atomic E-state index is 11.4. The van der Waals surface area contributed by atoms with E-state index in [9.17, 15) is 21.6 Å². The highest BCUT2D eigenvalue weighted by Crippen LogP contribution is 2.31. The zero-order valence-corrected chi connectivity index (χ0v) is 15.1. The molecule has 0 aliphatic carbocycles. The molecule has 0 bridgehead atoms. The standard InChI is InChI=1S/C13H19NO4S.C2HF3O2/c1-17-12-5-3-4-11(13(12)18-2)10-14-6-8-19(15,16)9-7-14;3-2(4,5)1(6)7/h3-5H,6-10H2,1-2H3;(H,6,7). The van der Waals surface area contributed by atoms with Gasteiger partial charge in [-0.3, -0.25) is 4.90 Å². The van der Waals surface area contributed by atoms with Crippen molar-refractivity contribution >= 4 is 15.8 Å². The molecule has 7 nitrogen and oxygen atoms in total. The summed E-state index contributed by atoms with van der Waals surface area (Å²) in [6, 6.07) is 5.74. The van der Waals surface area contributed by atoms with Gasteiger partial charge in [-0.15, -0.1) is 0 Å². The van der Waals surface area contributed by atoms with Gasteiger partial charge < -0.3 is 14.6 Å². The van der Waals surface area contributed by atoms with Gasteiger partial charge in [-0.25, -0.2) is 13.2 Å². The summed E-state index contributed by atoms with van der Waals surface area (Å²) >= 11 is 0. The van der Waals surface area contributed by atoms with E-state index in [2.05, 4.69) is 4.90 Å². The first kappa shape index (κ1) is 22.0. The summed E-state index contributed by atoms with van der Waals surface area (Å²) in [5.74, 6) is -0.867. The van der Waals surface area contributed by atoms with Crippen LogP contribution in [0.4, 0.5) is 13.2 Å². The second-order valence-corrected chi connectivity index (χ2v) is 7.69. The summed E-state index contributed by atoms with van der Waals surface area (Å²) < 4.78 is 65.2. The van der Waals surface area contributed by atoms with Gasteiger partial charge in [-0.2, -0.15) is 13.2 Å². The zero-order chi connectivity index (χ0) is 20.0. The molecule has 1 aliphatic rings. The van der Waals surface area contributed by atoms with Crippen LogP contribution in [-0.2, 0) is 21.2 Å². The topological polar surface area (TPSA) is 93.1 Å². The Bertz CT molecular complexity index is 707. The maximum Gasteiger partial charge on any atom is 0.490 e. The van der Waals surface area contributed by atoms with E-state index < -0.39 is 22.0 Å². The van der Waals surface area contributed by atoms with Gasteiger partial charge in [0, 0.05) is 25.2 Å². The number of sulfone groups is 1. The van der Waals surface area contributed by atoms with Crippen LogP contribution in [0, 0.1) is 0 Å². The van der Waals surface area contributed by atoms with Crippen LogP contribution in [-0.4, -0.2) is 69.4 Å². The average molecular weight is 399 g/mol. The van der Waals surface area contributed by atoms with Gasteiger partial charge >= 0.3 is 12.1 Å². The first-order chi connectivity index (χ1) is 12.0. The number of benzene rings is 1. The summed E-state index contributed by atoms with van der Waals surface area (Å²) in [6.45, 7) is 1.82. The summed E-state index contributed by atoms with van der Waals surface area (Å²) in [6.07, 6.45) is -5.08. The molecule has 0 radical (unpaired) electrons. The number of aliphatic carboxylic acids is 1. The van der Waals surface area contributed by atoms with Crippen molar-refractivity contribution in [1.29, 1.82) is 0 Å². The summed E-state index contributed by atoms with van der Waals surface area (Å²) in [5, 5.41) is 7.12. The normalized spacial score (nSPS) is 17.0. The molecule has 1 aliphatic heterocycles. The minimum Gasteiger partial charge on any atom is -0.493 e. The van der Waals surface area contributed by atoms with Crippen molar-refractivity contribution in [3.63, 3.8) is 0 Å². The van der Waals surface area contributed by atoms with Gasteiger partial charge in [-0.05, 0) is 6.07 Å². The minimum atomic E-state index is -5.08. The van der Waals surface area contributed by atoms with Crippen LogP contribution in [0.15, 0.2) is 18.2 Å². The van der Waals surface area contributed by atoms with Crippen LogP contribution in [0.25, 0.3) is 0 Å². The molecule has 1 heterocycles. The quantitative estimate of drug-likeness (QED) is 0.821. The van der Waals surface area contributed by atoms with Crippen molar-refractivity contribution in [2.75, 3.05) is 38.8 Å². The molecule has 1 N–H and O–H groups in total. The van der Waals surface area contributed by atoms with Gasteiger partial charge in [0.25, 0.3) is 0 Å². The maximum absolute atomic E-state index is 11.4. The Kier molecular flexibility index (Phi) is 7.69. The van der Waals surface area contributed by atoms with Crippen molar-refractivity contribution in [2.24, 2.45) is 0 Å². The number of para-hydroxylation sites is 1. The van der Waals surface area contributed by atoms with Gasteiger partial charge in [-0.1, -0.05) is 12.1 Å². The van der Waals surface area contributed by atoms with Gasteiger partial charge in [0.1, 0.15) is 0 Å². The highest BCUT2D eigenvalue weighted by atomic mass is 32.2. The monoisotopic (exact) mass is 399 g/mol. The molecule has 2 rings (SSSR count). The molecule has 1 aromatic rings. The lowest BCUT2D eigenvalue weighted by Crippen LogP contribution is -2.39. The number of methoxy groups -OCH3 is 2. The number of hydrogen-bond acceptors (Lipinski definition) is 6. The third-order valence-electron chi connectivity index (χ3n) is 3.56. The highest BCUT2D eigenvalue weighted by Gasteiger charge is 2.38. The summed E-state index contributed by atoms with van der Waals surface area (Å²) in [4.78, 5) is 11.0. The number of nitrogens with zero attached hydrogens (tertiary/aromatic N) is 1. The van der Waals surface area contributed by atoms with Crippen molar-refractivity contribution < 1.29 is 41.0 Å². The third-order valence-corrected chi connectivity index (χ3v) is 5.17. The molecule has 148 valence electrons. The van der Waals surface area contributed by atoms with Crippen LogP contribution < -0.4 is 9.47 Å². The van der Waals surface area contributed by atoms with Gasteiger partial charge in [0.05, 0.1) is 25.7 Å². The minimum absolute atomic E-state index is 0.235. The number of carbonyl (C=O) groups is 1. The molecule has 0 amide bonds. The predicted molar refractivity (Wildman–Crippen MR) is 87.2 cm³/mol. The van der Waals surface area contributed by atoms with Crippen molar-refractivity contribution in [3.05, 3.63) is 23.8 Å². The van der Waals surface area contributed by atoms with Crippen LogP contribution >= 0.6 is 0 Å². The van der Waals surface area contributed by atoms with Crippen molar-refractivity contribution in [1.82, 2.24) is 4.90 Å². The molecule has 0 unspecified atom stereocenters. The Balaban J connectivity index is 0.000000412. The molecule has 1 fully saturated rings. The van der Waals surface area contributed by atoms with Crippen LogP contribution in [0.5, 0.6) is 11.5 Å². The SMILES string of the molecule is COc1cccc(CN2CCS(=O)(=O)CC2)c1OC.O=C(O)C(F)(F)F. The Morgan fingerprint density at radius 1 is 1.19 bits per heavy atom. The van der Waals surface area contributed by atoms with E-state index >= 15 is 0 Å². The first-order valence-electron chi connectivity index (χ1n) is 7.43. The van der Waals surface area contributed by atoms with Gasteiger partial charge in [0.2, 0.25) is 0 Å². The van der Waals surface area contributed by atoms with Crippen LogP contribution in [0.3, 0.4) is 0 Å². The van der Waals surface area contributed by atoms with E-state index in [4.69, 9.17) is 19.4 Å². The van der Waals surface area contributed by atoms with E-state index in [0.717, 1.165) is 11.3 Å². The number of halogens is 3. The summed E-state index contributed by atoms with van der Waals surface area (Å²) in [7, 11) is 0.385. The largest absolute Gasteiger partial charge is 0.493 e. The molecule has 11 heteroatoms. The lowest BCUT2D eigenvalue weighted by atomic mass is 10.1. The molecule has 0 spiro atoms. The van der Waals surface area contributed by atoms with E-state index in [1.807, 2.05) is 18.2 Å². The fourth-order valence-electron chi connectivity index (χ4n) is 2.23.